The molecule has 2 aliphatic heterocycles. The first-order valence-corrected chi connectivity index (χ1v) is 36.2. The number of carbonyl (C=O) groups excluding carboxylic acids is 6. The van der Waals surface area contributed by atoms with Crippen LogP contribution in [0.15, 0.2) is 30.3 Å². The second-order valence-electron chi connectivity index (χ2n) is 23.0. The Morgan fingerprint density at radius 1 is 0.744 bits per heavy atom. The van der Waals surface area contributed by atoms with Gasteiger partial charge in [0.25, 0.3) is 0 Å². The number of urea groups is 1. The number of likely N-dealkylation sites (N-methyl/N-ethyl adjacent to an activating group) is 2. The molecule has 0 unspecified atom stereocenters. The Bertz CT molecular complexity index is 1960. The summed E-state index contributed by atoms with van der Waals surface area (Å²) in [7, 11) is 8.51. The molecule has 0 aromatic heterocycles. The second-order valence-corrected chi connectivity index (χ2v) is 23.0. The second kappa shape index (κ2) is 41.9. The molecule has 2 saturated heterocycles. The SMILES string of the molecule is CC[C@H](C)[C@@H]([C@@H](CC(=O)N1CCC[C@H]1[C@H](OC)[C@@H](C)C(=O)N[C@@H](Cc1ccccc1)C(=O)NCCOCCOCCNC(=O)NCC1CC[N-]CC1)OC)N(C)C(=O)[C@@H](NC(=O)[C@H](C(C)C)N(C)C)C(C)C.[I][Pt].[NH-][C@H]1CCCC[C@@H]1[NH-]. The first-order valence-electron chi connectivity index (χ1n) is 29.7. The van der Waals surface area contributed by atoms with Crippen LogP contribution in [0.25, 0.3) is 16.8 Å². The molecule has 21 nitrogen and oxygen atoms in total. The minimum atomic E-state index is -0.903. The number of amides is 7. The molecular formula is C59H104IN11O10Pt-3. The molecule has 3 aliphatic rings. The summed E-state index contributed by atoms with van der Waals surface area (Å²) in [5.74, 6) is -1.91. The number of methoxy groups -OCH3 is 2. The van der Waals surface area contributed by atoms with Crippen LogP contribution in [0.2, 0.25) is 0 Å². The zero-order valence-electron chi connectivity index (χ0n) is 51.4. The molecule has 1 aromatic rings. The van der Waals surface area contributed by atoms with Crippen molar-refractivity contribution in [2.24, 2.45) is 29.6 Å². The van der Waals surface area contributed by atoms with Crippen LogP contribution < -0.4 is 26.6 Å². The summed E-state index contributed by atoms with van der Waals surface area (Å²) in [6.07, 6.45) is 7.15. The summed E-state index contributed by atoms with van der Waals surface area (Å²) < 4.78 is 23.4. The zero-order valence-corrected chi connectivity index (χ0v) is 55.8. The first kappa shape index (κ1) is 75.0. The number of halogens is 1. The molecule has 0 radical (unpaired) electrons. The number of carbonyl (C=O) groups is 6. The molecule has 82 heavy (non-hydrogen) atoms. The summed E-state index contributed by atoms with van der Waals surface area (Å²) in [5.41, 5.74) is 15.4. The fourth-order valence-corrected chi connectivity index (χ4v) is 11.1. The van der Waals surface area contributed by atoms with Crippen LogP contribution in [0.4, 0.5) is 4.79 Å². The quantitative estimate of drug-likeness (QED) is 0.0367. The Morgan fingerprint density at radius 2 is 1.34 bits per heavy atom. The van der Waals surface area contributed by atoms with Crippen molar-refractivity contribution in [1.82, 2.24) is 41.3 Å². The van der Waals surface area contributed by atoms with Crippen molar-refractivity contribution >= 4 is 54.9 Å². The molecule has 2 heterocycles. The molecule has 23 heteroatoms. The molecule has 0 spiro atoms. The smallest absolute Gasteiger partial charge is 0.0548 e. The standard InChI is InChI=1S/C53H92N9O10.C6H12N2.HI.Pt/c1-13-37(6)47(61(10)52(67)45(35(2)3)59-51(66)46(36(4)5)60(8)9)43(69-11)33-44(63)62-27-17-20-42(62)48(70-12)38(7)49(64)58-41(32-39-18-15-14-16-19-39)50(65)55-25-28-71-30-31-72-29-26-56-53(68)57-34-40-21-23-54-24-22-40;7-5-3-1-2-4-6(5)8;;/h14-16,18-19,35-38,40-43,45-48H,13,17,20-34H2,1-12H3,(H,55,65)(H,58,64)(H,59,66)(H2,56,57,68);5-8H,1-4H2;1H;/q-1;-2;;+1/p-1/t37-,38+,41-,42-,43+,45-,46-,47-,48+;5-,6-;;/m00../s1. The maximum atomic E-state index is 14.5. The Kier molecular flexibility index (Phi) is 38.3. The van der Waals surface area contributed by atoms with Gasteiger partial charge in [-0.2, -0.15) is 12.1 Å². The molecule has 3 fully saturated rings. The molecule has 7 amide bonds. The van der Waals surface area contributed by atoms with E-state index in [0.717, 1.165) is 44.3 Å². The van der Waals surface area contributed by atoms with Crippen LogP contribution in [-0.2, 0) is 65.5 Å². The molecule has 1 aliphatic carbocycles. The summed E-state index contributed by atoms with van der Waals surface area (Å²) >= 11 is 4.23. The summed E-state index contributed by atoms with van der Waals surface area (Å²) in [6, 6.07) is 6.04. The van der Waals surface area contributed by atoms with Gasteiger partial charge in [0.1, 0.15) is 12.1 Å². The predicted octanol–water partition coefficient (Wildman–Crippen LogP) is 6.88. The van der Waals surface area contributed by atoms with Gasteiger partial charge in [-0.3, -0.25) is 28.9 Å². The van der Waals surface area contributed by atoms with Gasteiger partial charge < -0.3 is 72.1 Å². The van der Waals surface area contributed by atoms with E-state index in [4.69, 9.17) is 30.4 Å². The third-order valence-corrected chi connectivity index (χ3v) is 16.0. The van der Waals surface area contributed by atoms with Crippen molar-refractivity contribution in [3.05, 3.63) is 52.7 Å². The Balaban J connectivity index is 0.00000208. The molecule has 1 aromatic carbocycles. The average Bonchev–Trinajstić information content (AvgIpc) is 4.14. The van der Waals surface area contributed by atoms with Crippen LogP contribution in [0, 0.1) is 29.6 Å². The van der Waals surface area contributed by atoms with Gasteiger partial charge in [-0.25, -0.2) is 4.79 Å². The number of hydrogen-bond acceptors (Lipinski definition) is 11. The van der Waals surface area contributed by atoms with Crippen molar-refractivity contribution in [2.75, 3.05) is 101 Å². The normalized spacial score (nSPS) is 20.3. The van der Waals surface area contributed by atoms with Gasteiger partial charge in [-0.1, -0.05) is 124 Å². The van der Waals surface area contributed by atoms with Crippen LogP contribution in [0.1, 0.15) is 118 Å². The fourth-order valence-electron chi connectivity index (χ4n) is 11.1. The van der Waals surface area contributed by atoms with Gasteiger partial charge in [-0.05, 0) is 56.2 Å². The Morgan fingerprint density at radius 3 is 1.87 bits per heavy atom. The van der Waals surface area contributed by atoms with E-state index in [9.17, 15) is 28.8 Å². The number of benzene rings is 1. The largest absolute Gasteiger partial charge is 0.676 e. The van der Waals surface area contributed by atoms with Crippen molar-refractivity contribution in [3.8, 4) is 0 Å². The van der Waals surface area contributed by atoms with Crippen molar-refractivity contribution < 1.29 is 63.8 Å². The maximum Gasteiger partial charge on any atom is -0.0548 e. The molecule has 475 valence electrons. The number of rotatable bonds is 32. The minimum absolute atomic E-state index is 0.0166. The topological polar surface area (TPSA) is 271 Å². The summed E-state index contributed by atoms with van der Waals surface area (Å²) in [6.45, 7) is 18.2. The van der Waals surface area contributed by atoms with E-state index in [-0.39, 0.29) is 91.4 Å². The summed E-state index contributed by atoms with van der Waals surface area (Å²) in [4.78, 5) is 87.6. The zero-order chi connectivity index (χ0) is 61.3. The number of ether oxygens (including phenoxy) is 4. The minimum Gasteiger partial charge on any atom is -0.676 e. The van der Waals surface area contributed by atoms with Crippen LogP contribution in [0.5, 0.6) is 0 Å². The van der Waals surface area contributed by atoms with Gasteiger partial charge >= 0.3 is 41.5 Å². The third kappa shape index (κ3) is 26.3. The van der Waals surface area contributed by atoms with E-state index in [1.807, 2.05) is 90.9 Å². The van der Waals surface area contributed by atoms with Crippen molar-refractivity contribution in [3.63, 3.8) is 0 Å². The molecule has 4 rings (SSSR count). The first-order chi connectivity index (χ1) is 39.2. The maximum absolute atomic E-state index is 14.5. The van der Waals surface area contributed by atoms with Crippen LogP contribution in [0.3, 0.4) is 0 Å². The molecular weight excluding hydrogens is 1340 g/mol. The van der Waals surface area contributed by atoms with Gasteiger partial charge in [0.2, 0.25) is 29.5 Å². The van der Waals surface area contributed by atoms with Gasteiger partial charge in [0.15, 0.2) is 0 Å². The number of nitrogens with zero attached hydrogens (tertiary/aromatic N) is 4. The summed E-state index contributed by atoms with van der Waals surface area (Å²) in [5, 5.41) is 19.0. The average molecular weight is 1450 g/mol. The van der Waals surface area contributed by atoms with Crippen molar-refractivity contribution in [2.45, 2.75) is 174 Å². The van der Waals surface area contributed by atoms with E-state index in [1.165, 1.54) is 20.0 Å². The van der Waals surface area contributed by atoms with Gasteiger partial charge in [0, 0.05) is 53.9 Å². The van der Waals surface area contributed by atoms with Gasteiger partial charge in [-0.15, -0.1) is 13.1 Å². The van der Waals surface area contributed by atoms with E-state index >= 15 is 0 Å². The molecule has 1 saturated carbocycles. The third-order valence-electron chi connectivity index (χ3n) is 16.0. The predicted molar refractivity (Wildman–Crippen MR) is 328 cm³/mol. The Labute approximate surface area is 513 Å². The van der Waals surface area contributed by atoms with Crippen molar-refractivity contribution in [1.29, 1.82) is 0 Å². The molecule has 7 N–H and O–H groups in total. The van der Waals surface area contributed by atoms with E-state index < -0.39 is 48.3 Å². The van der Waals surface area contributed by atoms with E-state index in [1.54, 1.807) is 30.9 Å². The van der Waals surface area contributed by atoms with Crippen LogP contribution >= 0.6 is 19.4 Å². The fraction of sp³-hybridized carbons (Fsp3) is 0.797. The van der Waals surface area contributed by atoms with E-state index in [0.29, 0.717) is 64.6 Å². The monoisotopic (exact) mass is 1450 g/mol. The van der Waals surface area contributed by atoms with Crippen LogP contribution in [-0.4, -0.2) is 206 Å². The van der Waals surface area contributed by atoms with E-state index in [2.05, 4.69) is 67.4 Å². The Hall–Kier alpha value is -3.06. The number of hydrogen-bond donors (Lipinski definition) is 5. The number of piperidine rings is 1. The number of nitrogens with one attached hydrogen (secondary N) is 7. The van der Waals surface area contributed by atoms with Gasteiger partial charge in [0.05, 0.1) is 69.1 Å². The molecule has 0 bridgehead atoms. The number of likely N-dealkylation sites (tertiary alicyclic amines) is 1. The molecule has 11 atom stereocenters.